The van der Waals surface area contributed by atoms with E-state index in [0.717, 1.165) is 29.8 Å². The van der Waals surface area contributed by atoms with E-state index in [1.165, 1.54) is 0 Å². The number of amides is 1. The van der Waals surface area contributed by atoms with Crippen molar-refractivity contribution in [1.82, 2.24) is 9.88 Å². The van der Waals surface area contributed by atoms with Gasteiger partial charge in [-0.1, -0.05) is 10.5 Å². The summed E-state index contributed by atoms with van der Waals surface area (Å²) < 4.78 is 22.5. The summed E-state index contributed by atoms with van der Waals surface area (Å²) in [7, 11) is 0. The molecule has 0 saturated carbocycles. The highest BCUT2D eigenvalue weighted by molar-refractivity contribution is 7.91. The highest BCUT2D eigenvalue weighted by Crippen LogP contribution is 2.44. The fourth-order valence-corrected chi connectivity index (χ4v) is 4.49. The molecule has 1 aromatic heterocycles. The van der Waals surface area contributed by atoms with Gasteiger partial charge in [0.15, 0.2) is 0 Å². The third-order valence-corrected chi connectivity index (χ3v) is 6.67. The van der Waals surface area contributed by atoms with Crippen LogP contribution in [0.4, 0.5) is 4.79 Å². The molecule has 1 fully saturated rings. The fourth-order valence-electron chi connectivity index (χ4n) is 3.78. The molecule has 154 valence electrons. The van der Waals surface area contributed by atoms with Gasteiger partial charge < -0.3 is 14.2 Å². The lowest BCUT2D eigenvalue weighted by molar-refractivity contribution is 0.0189. The zero-order chi connectivity index (χ0) is 20.7. The average molecular weight is 406 g/mol. The van der Waals surface area contributed by atoms with E-state index in [0.29, 0.717) is 19.5 Å². The Morgan fingerprint density at radius 1 is 1.25 bits per heavy atom. The Kier molecular flexibility index (Phi) is 5.53. The second kappa shape index (κ2) is 7.34. The van der Waals surface area contributed by atoms with Crippen molar-refractivity contribution in [3.63, 3.8) is 0 Å². The molecule has 1 amide bonds. The van der Waals surface area contributed by atoms with Crippen molar-refractivity contribution >= 4 is 23.2 Å². The Morgan fingerprint density at radius 2 is 1.89 bits per heavy atom. The van der Waals surface area contributed by atoms with E-state index < -0.39 is 21.7 Å². The molecule has 6 nitrogen and oxygen atoms in total. The molecule has 28 heavy (non-hydrogen) atoms. The van der Waals surface area contributed by atoms with Gasteiger partial charge in [-0.2, -0.15) is 0 Å². The maximum Gasteiger partial charge on any atom is 0.410 e. The lowest BCUT2D eigenvalue weighted by Crippen LogP contribution is -2.49. The Bertz CT molecular complexity index is 772. The number of likely N-dealkylation sites (tertiary alicyclic amines) is 1. The Labute approximate surface area is 171 Å². The van der Waals surface area contributed by atoms with Gasteiger partial charge in [0.1, 0.15) is 21.7 Å². The molecular weight excluding hydrogens is 374 g/mol. The van der Waals surface area contributed by atoms with Crippen LogP contribution in [0.2, 0.25) is 0 Å². The molecular formula is C21H31N3O3S. The van der Waals surface area contributed by atoms with Crippen molar-refractivity contribution in [3.05, 3.63) is 29.6 Å². The van der Waals surface area contributed by atoms with Crippen LogP contribution < -0.4 is 0 Å². The molecule has 1 aromatic rings. The first-order chi connectivity index (χ1) is 12.9. The zero-order valence-electron chi connectivity index (χ0n) is 17.7. The van der Waals surface area contributed by atoms with Crippen molar-refractivity contribution in [2.45, 2.75) is 76.6 Å². The number of carbonyl (C=O) groups is 1. The molecule has 0 N–H and O–H groups in total. The molecule has 1 atom stereocenters. The van der Waals surface area contributed by atoms with Crippen LogP contribution >= 0.6 is 0 Å². The van der Waals surface area contributed by atoms with Gasteiger partial charge in [0.2, 0.25) is 0 Å². The largest absolute Gasteiger partial charge is 0.591 e. The van der Waals surface area contributed by atoms with Crippen LogP contribution in [0.3, 0.4) is 0 Å². The third-order valence-electron chi connectivity index (χ3n) is 5.24. The Morgan fingerprint density at radius 3 is 2.46 bits per heavy atom. The Balaban J connectivity index is 1.87. The van der Waals surface area contributed by atoms with E-state index in [-0.39, 0.29) is 11.5 Å². The van der Waals surface area contributed by atoms with Crippen LogP contribution in [0, 0.1) is 0 Å². The van der Waals surface area contributed by atoms with Gasteiger partial charge in [-0.15, -0.1) is 0 Å². The maximum atomic E-state index is 12.7. The van der Waals surface area contributed by atoms with Crippen LogP contribution in [0.5, 0.6) is 0 Å². The van der Waals surface area contributed by atoms with E-state index in [2.05, 4.69) is 15.4 Å². The monoisotopic (exact) mass is 405 g/mol. The van der Waals surface area contributed by atoms with Crippen LogP contribution in [0.25, 0.3) is 0 Å². The molecule has 0 bridgehead atoms. The molecule has 0 radical (unpaired) electrons. The van der Waals surface area contributed by atoms with Gasteiger partial charge in [-0.05, 0) is 66.0 Å². The smallest absolute Gasteiger partial charge is 0.410 e. The molecule has 1 aliphatic heterocycles. The molecule has 2 heterocycles. The minimum atomic E-state index is -1.32. The molecule has 2 aliphatic rings. The standard InChI is InChI=1S/C21H31N3O3S/c1-19(2,3)27-18(25)24-12-9-21(10-13-24)16(23-28(26)20(4,5)6)14-15-8-7-11-22-17(15)21/h7-8,11H,9-10,12-14H2,1-6H3. The van der Waals surface area contributed by atoms with E-state index in [1.807, 2.05) is 53.8 Å². The van der Waals surface area contributed by atoms with Crippen LogP contribution in [0.1, 0.15) is 65.6 Å². The highest BCUT2D eigenvalue weighted by atomic mass is 32.2. The van der Waals surface area contributed by atoms with E-state index >= 15 is 0 Å². The number of rotatable bonds is 1. The zero-order valence-corrected chi connectivity index (χ0v) is 18.6. The van der Waals surface area contributed by atoms with Gasteiger partial charge >= 0.3 is 6.09 Å². The minimum absolute atomic E-state index is 0.279. The van der Waals surface area contributed by atoms with Crippen molar-refractivity contribution in [2.24, 2.45) is 4.40 Å². The van der Waals surface area contributed by atoms with Crippen LogP contribution in [-0.4, -0.2) is 49.7 Å². The van der Waals surface area contributed by atoms with Crippen LogP contribution in [-0.2, 0) is 27.9 Å². The lowest BCUT2D eigenvalue weighted by atomic mass is 9.75. The van der Waals surface area contributed by atoms with Gasteiger partial charge in [-0.3, -0.25) is 4.98 Å². The summed E-state index contributed by atoms with van der Waals surface area (Å²) >= 11 is -1.32. The summed E-state index contributed by atoms with van der Waals surface area (Å²) in [6.45, 7) is 12.6. The number of hydrogen-bond acceptors (Lipinski definition) is 5. The first-order valence-electron chi connectivity index (χ1n) is 9.85. The summed E-state index contributed by atoms with van der Waals surface area (Å²) in [6.07, 6.45) is 3.65. The van der Waals surface area contributed by atoms with Gasteiger partial charge in [0.25, 0.3) is 0 Å². The quantitative estimate of drug-likeness (QED) is 0.666. The van der Waals surface area contributed by atoms with E-state index in [1.54, 1.807) is 4.90 Å². The second-order valence-corrected chi connectivity index (χ2v) is 11.5. The predicted molar refractivity (Wildman–Crippen MR) is 112 cm³/mol. The maximum absolute atomic E-state index is 12.7. The molecule has 7 heteroatoms. The summed E-state index contributed by atoms with van der Waals surface area (Å²) in [4.78, 5) is 18.9. The first-order valence-corrected chi connectivity index (χ1v) is 11.0. The number of hydrogen-bond donors (Lipinski definition) is 0. The lowest BCUT2D eigenvalue weighted by Gasteiger charge is -2.39. The van der Waals surface area contributed by atoms with Gasteiger partial charge in [0.05, 0.1) is 16.8 Å². The second-order valence-electron chi connectivity index (χ2n) is 9.64. The van der Waals surface area contributed by atoms with Crippen molar-refractivity contribution in [1.29, 1.82) is 0 Å². The number of piperidine rings is 1. The SMILES string of the molecule is CC(C)(C)OC(=O)N1CCC2(CC1)C(=N[S+]([O-])C(C)(C)C)Cc1cccnc12. The van der Waals surface area contributed by atoms with Gasteiger partial charge in [0, 0.05) is 25.7 Å². The molecule has 1 spiro atoms. The number of ether oxygens (including phenoxy) is 1. The fraction of sp³-hybridized carbons (Fsp3) is 0.667. The van der Waals surface area contributed by atoms with Crippen molar-refractivity contribution in [2.75, 3.05) is 13.1 Å². The molecule has 0 aromatic carbocycles. The van der Waals surface area contributed by atoms with Crippen molar-refractivity contribution in [3.8, 4) is 0 Å². The topological polar surface area (TPSA) is 77.8 Å². The van der Waals surface area contributed by atoms with Crippen LogP contribution in [0.15, 0.2) is 22.7 Å². The van der Waals surface area contributed by atoms with Crippen molar-refractivity contribution < 1.29 is 14.1 Å². The van der Waals surface area contributed by atoms with Gasteiger partial charge in [-0.25, -0.2) is 4.79 Å². The first kappa shape index (κ1) is 21.1. The Hall–Kier alpha value is -1.60. The molecule has 1 aliphatic carbocycles. The number of carbonyl (C=O) groups excluding carboxylic acids is 1. The summed E-state index contributed by atoms with van der Waals surface area (Å²) in [6, 6.07) is 4.01. The predicted octanol–water partition coefficient (Wildman–Crippen LogP) is 3.81. The summed E-state index contributed by atoms with van der Waals surface area (Å²) in [5, 5.41) is 0. The third kappa shape index (κ3) is 4.20. The van der Waals surface area contributed by atoms with E-state index in [4.69, 9.17) is 4.74 Å². The number of fused-ring (bicyclic) bond motifs is 2. The average Bonchev–Trinajstić information content (AvgIpc) is 2.87. The normalized spacial score (nSPS) is 21.7. The minimum Gasteiger partial charge on any atom is -0.591 e. The molecule has 1 unspecified atom stereocenters. The molecule has 1 saturated heterocycles. The number of pyridine rings is 1. The highest BCUT2D eigenvalue weighted by Gasteiger charge is 2.50. The number of nitrogens with zero attached hydrogens (tertiary/aromatic N) is 3. The summed E-state index contributed by atoms with van der Waals surface area (Å²) in [5.74, 6) is 0. The van der Waals surface area contributed by atoms with E-state index in [9.17, 15) is 9.35 Å². The summed E-state index contributed by atoms with van der Waals surface area (Å²) in [5.41, 5.74) is 2.28. The molecule has 3 rings (SSSR count). The number of aromatic nitrogens is 1.